The molecule has 2 aromatic rings. The minimum atomic E-state index is -0.991. The van der Waals surface area contributed by atoms with E-state index in [1.165, 1.54) is 0 Å². The summed E-state index contributed by atoms with van der Waals surface area (Å²) in [6.07, 6.45) is 0.121. The van der Waals surface area contributed by atoms with Crippen molar-refractivity contribution in [1.82, 2.24) is 9.97 Å². The first-order valence-electron chi connectivity index (χ1n) is 5.11. The van der Waals surface area contributed by atoms with Gasteiger partial charge in [0.25, 0.3) is 0 Å². The summed E-state index contributed by atoms with van der Waals surface area (Å²) in [5, 5.41) is 10.8. The van der Waals surface area contributed by atoms with Gasteiger partial charge in [-0.25, -0.2) is 4.79 Å². The maximum atomic E-state index is 11.4. The van der Waals surface area contributed by atoms with Gasteiger partial charge >= 0.3 is 16.9 Å². The van der Waals surface area contributed by atoms with Gasteiger partial charge in [0.1, 0.15) is 5.69 Å². The summed E-state index contributed by atoms with van der Waals surface area (Å²) < 4.78 is 0. The number of nitrogens with one attached hydrogen (secondary N) is 2. The Morgan fingerprint density at radius 1 is 1.11 bits per heavy atom. The third-order valence-electron chi connectivity index (χ3n) is 2.40. The molecule has 2 N–H and O–H groups in total. The highest BCUT2D eigenvalue weighted by Crippen LogP contribution is 2.13. The molecule has 0 bridgehead atoms. The van der Waals surface area contributed by atoms with Gasteiger partial charge in [0, 0.05) is 6.42 Å². The Morgan fingerprint density at radius 3 is 2.39 bits per heavy atom. The Hall–Kier alpha value is -2.70. The first-order valence-corrected chi connectivity index (χ1v) is 5.11. The van der Waals surface area contributed by atoms with Crippen LogP contribution < -0.4 is 11.2 Å². The highest BCUT2D eigenvalue weighted by atomic mass is 16.6. The first-order chi connectivity index (χ1) is 8.58. The number of benzene rings is 1. The highest BCUT2D eigenvalue weighted by molar-refractivity contribution is 5.35. The summed E-state index contributed by atoms with van der Waals surface area (Å²) in [5.41, 5.74) is -1.61. The number of hydrogen-bond donors (Lipinski definition) is 2. The summed E-state index contributed by atoms with van der Waals surface area (Å²) in [6.45, 7) is 0. The van der Waals surface area contributed by atoms with Crippen LogP contribution >= 0.6 is 0 Å². The number of hydrogen-bond acceptors (Lipinski definition) is 4. The normalized spacial score (nSPS) is 10.2. The van der Waals surface area contributed by atoms with Crippen molar-refractivity contribution < 1.29 is 4.92 Å². The van der Waals surface area contributed by atoms with Crippen LogP contribution in [0.25, 0.3) is 0 Å². The molecule has 7 nitrogen and oxygen atoms in total. The van der Waals surface area contributed by atoms with Crippen LogP contribution in [-0.4, -0.2) is 14.9 Å². The number of nitro groups is 1. The van der Waals surface area contributed by atoms with Crippen molar-refractivity contribution in [2.45, 2.75) is 6.42 Å². The fourth-order valence-electron chi connectivity index (χ4n) is 1.65. The third-order valence-corrected chi connectivity index (χ3v) is 2.40. The minimum absolute atomic E-state index is 0.0000463. The van der Waals surface area contributed by atoms with E-state index in [9.17, 15) is 19.7 Å². The van der Waals surface area contributed by atoms with Crippen LogP contribution in [0.2, 0.25) is 0 Å². The maximum absolute atomic E-state index is 11.4. The minimum Gasteiger partial charge on any atom is -0.305 e. The van der Waals surface area contributed by atoms with Crippen LogP contribution in [0.15, 0.2) is 39.9 Å². The fraction of sp³-hybridized carbons (Fsp3) is 0.0909. The van der Waals surface area contributed by atoms with Crippen molar-refractivity contribution in [3.63, 3.8) is 0 Å². The lowest BCUT2D eigenvalue weighted by molar-refractivity contribution is -0.387. The zero-order chi connectivity index (χ0) is 13.1. The molecule has 0 atom stereocenters. The molecule has 1 heterocycles. The van der Waals surface area contributed by atoms with Crippen molar-refractivity contribution in [1.29, 1.82) is 0 Å². The van der Waals surface area contributed by atoms with Gasteiger partial charge in [0.15, 0.2) is 0 Å². The van der Waals surface area contributed by atoms with Crippen molar-refractivity contribution in [3.05, 3.63) is 72.5 Å². The Labute approximate surface area is 100 Å². The smallest absolute Gasteiger partial charge is 0.305 e. The molecule has 18 heavy (non-hydrogen) atoms. The van der Waals surface area contributed by atoms with Gasteiger partial charge in [0.05, 0.1) is 4.92 Å². The molecule has 0 amide bonds. The predicted molar refractivity (Wildman–Crippen MR) is 63.6 cm³/mol. The van der Waals surface area contributed by atoms with Crippen LogP contribution in [0, 0.1) is 10.1 Å². The second-order valence-electron chi connectivity index (χ2n) is 3.65. The van der Waals surface area contributed by atoms with Crippen molar-refractivity contribution in [2.24, 2.45) is 0 Å². The lowest BCUT2D eigenvalue weighted by Crippen LogP contribution is -2.26. The Bertz CT molecular complexity index is 687. The van der Waals surface area contributed by atoms with E-state index in [1.807, 2.05) is 4.98 Å². The van der Waals surface area contributed by atoms with E-state index in [-0.39, 0.29) is 12.1 Å². The summed E-state index contributed by atoms with van der Waals surface area (Å²) in [4.78, 5) is 36.7. The third kappa shape index (κ3) is 2.34. The average Bonchev–Trinajstić information content (AvgIpc) is 2.28. The van der Waals surface area contributed by atoms with E-state index in [0.717, 1.165) is 5.56 Å². The number of nitrogens with zero attached hydrogens (tertiary/aromatic N) is 1. The Morgan fingerprint density at radius 2 is 1.78 bits per heavy atom. The highest BCUT2D eigenvalue weighted by Gasteiger charge is 2.20. The molecule has 92 valence electrons. The number of aromatic nitrogens is 2. The molecule has 7 heteroatoms. The molecule has 0 fully saturated rings. The lowest BCUT2D eigenvalue weighted by atomic mass is 10.1. The second-order valence-corrected chi connectivity index (χ2v) is 3.65. The lowest BCUT2D eigenvalue weighted by Gasteiger charge is -2.01. The van der Waals surface area contributed by atoms with Crippen molar-refractivity contribution in [2.75, 3.05) is 0 Å². The zero-order valence-corrected chi connectivity index (χ0v) is 9.17. The zero-order valence-electron chi connectivity index (χ0n) is 9.17. The van der Waals surface area contributed by atoms with E-state index in [2.05, 4.69) is 4.98 Å². The number of aromatic amines is 2. The van der Waals surface area contributed by atoms with E-state index >= 15 is 0 Å². The molecule has 0 aliphatic carbocycles. The van der Waals surface area contributed by atoms with E-state index < -0.39 is 21.9 Å². The van der Waals surface area contributed by atoms with Gasteiger partial charge in [0.2, 0.25) is 0 Å². The molecule has 2 rings (SSSR count). The molecule has 0 aliphatic rings. The van der Waals surface area contributed by atoms with Crippen molar-refractivity contribution in [3.8, 4) is 0 Å². The number of rotatable bonds is 3. The Kier molecular flexibility index (Phi) is 3.05. The first kappa shape index (κ1) is 11.8. The van der Waals surface area contributed by atoms with Crippen molar-refractivity contribution >= 4 is 5.69 Å². The van der Waals surface area contributed by atoms with Gasteiger partial charge in [-0.3, -0.25) is 19.9 Å². The molecular weight excluding hydrogens is 238 g/mol. The maximum Gasteiger partial charge on any atom is 0.353 e. The van der Waals surface area contributed by atoms with E-state index in [4.69, 9.17) is 0 Å². The van der Waals surface area contributed by atoms with E-state index in [0.29, 0.717) is 0 Å². The van der Waals surface area contributed by atoms with Crippen LogP contribution in [0.5, 0.6) is 0 Å². The summed E-state index contributed by atoms with van der Waals surface area (Å²) in [6, 6.07) is 8.85. The molecule has 0 unspecified atom stereocenters. The van der Waals surface area contributed by atoms with E-state index in [1.54, 1.807) is 30.3 Å². The molecular formula is C11H9N3O4. The summed E-state index contributed by atoms with van der Waals surface area (Å²) >= 11 is 0. The molecule has 1 aromatic heterocycles. The van der Waals surface area contributed by atoms with Gasteiger partial charge in [-0.2, -0.15) is 0 Å². The van der Waals surface area contributed by atoms with Gasteiger partial charge < -0.3 is 4.98 Å². The van der Waals surface area contributed by atoms with Gasteiger partial charge in [-0.15, -0.1) is 0 Å². The van der Waals surface area contributed by atoms with Gasteiger partial charge in [-0.1, -0.05) is 30.3 Å². The molecule has 0 spiro atoms. The number of H-pyrrole nitrogens is 2. The standard InChI is InChI=1S/C11H9N3O4/c15-10-9(14(17)18)8(12-11(16)13-10)6-7-4-2-1-3-5-7/h1-5H,6H2,(H2,12,13,15,16). The second kappa shape index (κ2) is 4.66. The van der Waals surface area contributed by atoms with Crippen LogP contribution in [-0.2, 0) is 6.42 Å². The van der Waals surface area contributed by atoms with Crippen LogP contribution in [0.3, 0.4) is 0 Å². The molecule has 0 saturated carbocycles. The van der Waals surface area contributed by atoms with Gasteiger partial charge in [-0.05, 0) is 5.56 Å². The fourth-order valence-corrected chi connectivity index (χ4v) is 1.65. The predicted octanol–water partition coefficient (Wildman–Crippen LogP) is 0.562. The SMILES string of the molecule is O=c1[nH]c(Cc2ccccc2)c([N+](=O)[O-])c(=O)[nH]1. The molecule has 0 radical (unpaired) electrons. The molecule has 1 aromatic carbocycles. The summed E-state index contributed by atoms with van der Waals surface area (Å²) in [5.74, 6) is 0. The monoisotopic (exact) mass is 247 g/mol. The molecule has 0 saturated heterocycles. The van der Waals surface area contributed by atoms with Crippen LogP contribution in [0.4, 0.5) is 5.69 Å². The van der Waals surface area contributed by atoms with Crippen LogP contribution in [0.1, 0.15) is 11.3 Å². The average molecular weight is 247 g/mol. The summed E-state index contributed by atoms with van der Waals surface area (Å²) in [7, 11) is 0. The quantitative estimate of drug-likeness (QED) is 0.610. The molecule has 0 aliphatic heterocycles. The Balaban J connectivity index is 2.54. The topological polar surface area (TPSA) is 109 Å². The largest absolute Gasteiger partial charge is 0.353 e.